The average Bonchev–Trinajstić information content (AvgIpc) is 2.38. The molecule has 0 radical (unpaired) electrons. The molecule has 5 nitrogen and oxygen atoms in total. The van der Waals surface area contributed by atoms with Gasteiger partial charge in [-0.15, -0.1) is 0 Å². The zero-order valence-electron chi connectivity index (χ0n) is 13.0. The minimum atomic E-state index is -0.998. The molecular weight excluding hydrogens is 268 g/mol. The van der Waals surface area contributed by atoms with Crippen LogP contribution in [0.5, 0.6) is 0 Å². The molecule has 5 heteroatoms. The molecule has 2 atom stereocenters. The highest BCUT2D eigenvalue weighted by Crippen LogP contribution is 2.18. The van der Waals surface area contributed by atoms with E-state index in [1.165, 1.54) is 0 Å². The number of carboxylic acid groups (broad SMARTS) is 1. The Morgan fingerprint density at radius 1 is 1.19 bits per heavy atom. The van der Waals surface area contributed by atoms with Gasteiger partial charge in [0.15, 0.2) is 0 Å². The SMILES string of the molecule is CC(C)C[C@@H](NC(=O)C(c1ccccc1)N(C)C)C(=O)O. The number of carboxylic acids is 1. The third-order valence-electron chi connectivity index (χ3n) is 3.20. The zero-order valence-corrected chi connectivity index (χ0v) is 13.0. The minimum absolute atomic E-state index is 0.195. The Hall–Kier alpha value is -1.88. The van der Waals surface area contributed by atoms with Crippen LogP contribution in [0.3, 0.4) is 0 Å². The van der Waals surface area contributed by atoms with E-state index in [0.29, 0.717) is 6.42 Å². The van der Waals surface area contributed by atoms with E-state index in [4.69, 9.17) is 0 Å². The number of nitrogens with one attached hydrogen (secondary N) is 1. The predicted molar refractivity (Wildman–Crippen MR) is 81.9 cm³/mol. The summed E-state index contributed by atoms with van der Waals surface area (Å²) < 4.78 is 0. The van der Waals surface area contributed by atoms with Gasteiger partial charge in [-0.1, -0.05) is 44.2 Å². The summed E-state index contributed by atoms with van der Waals surface area (Å²) in [5, 5.41) is 11.9. The highest BCUT2D eigenvalue weighted by Gasteiger charge is 2.28. The van der Waals surface area contributed by atoms with E-state index in [9.17, 15) is 14.7 Å². The Morgan fingerprint density at radius 3 is 2.19 bits per heavy atom. The van der Waals surface area contributed by atoms with Gasteiger partial charge in [-0.25, -0.2) is 4.79 Å². The topological polar surface area (TPSA) is 69.6 Å². The maximum Gasteiger partial charge on any atom is 0.326 e. The van der Waals surface area contributed by atoms with E-state index in [1.807, 2.05) is 44.2 Å². The number of carbonyl (C=O) groups is 2. The number of likely N-dealkylation sites (N-methyl/N-ethyl adjacent to an activating group) is 1. The first kappa shape index (κ1) is 17.2. The third-order valence-corrected chi connectivity index (χ3v) is 3.20. The fraction of sp³-hybridized carbons (Fsp3) is 0.500. The maximum atomic E-state index is 12.5. The van der Waals surface area contributed by atoms with E-state index >= 15 is 0 Å². The smallest absolute Gasteiger partial charge is 0.326 e. The van der Waals surface area contributed by atoms with Crippen LogP contribution in [0.4, 0.5) is 0 Å². The first-order chi connectivity index (χ1) is 9.82. The molecule has 0 fully saturated rings. The fourth-order valence-electron chi connectivity index (χ4n) is 2.26. The molecule has 1 aromatic carbocycles. The molecule has 0 saturated heterocycles. The molecule has 1 unspecified atom stereocenters. The number of aliphatic carboxylic acids is 1. The second-order valence-corrected chi connectivity index (χ2v) is 5.81. The molecule has 2 N–H and O–H groups in total. The highest BCUT2D eigenvalue weighted by atomic mass is 16.4. The van der Waals surface area contributed by atoms with Crippen molar-refractivity contribution in [3.63, 3.8) is 0 Å². The summed E-state index contributed by atoms with van der Waals surface area (Å²) in [6.07, 6.45) is 0.413. The van der Waals surface area contributed by atoms with Crippen LogP contribution >= 0.6 is 0 Å². The maximum absolute atomic E-state index is 12.5. The zero-order chi connectivity index (χ0) is 16.0. The molecule has 1 rings (SSSR count). The lowest BCUT2D eigenvalue weighted by Crippen LogP contribution is -2.46. The minimum Gasteiger partial charge on any atom is -0.480 e. The highest BCUT2D eigenvalue weighted by molar-refractivity contribution is 5.87. The number of nitrogens with zero attached hydrogens (tertiary/aromatic N) is 1. The Balaban J connectivity index is 2.89. The number of hydrogen-bond donors (Lipinski definition) is 2. The van der Waals surface area contributed by atoms with Crippen molar-refractivity contribution in [3.05, 3.63) is 35.9 Å². The van der Waals surface area contributed by atoms with Crippen LogP contribution < -0.4 is 5.32 Å². The van der Waals surface area contributed by atoms with Crippen molar-refractivity contribution in [1.82, 2.24) is 10.2 Å². The van der Waals surface area contributed by atoms with Gasteiger partial charge in [0.1, 0.15) is 12.1 Å². The monoisotopic (exact) mass is 292 g/mol. The summed E-state index contributed by atoms with van der Waals surface area (Å²) in [6.45, 7) is 3.87. The normalized spacial score (nSPS) is 14.0. The standard InChI is InChI=1S/C16H24N2O3/c1-11(2)10-13(16(20)21)17-15(19)14(18(3)4)12-8-6-5-7-9-12/h5-9,11,13-14H,10H2,1-4H3,(H,17,19)(H,20,21)/t13-,14?/m1/s1. The van der Waals surface area contributed by atoms with E-state index in [2.05, 4.69) is 5.32 Å². The van der Waals surface area contributed by atoms with Crippen LogP contribution in [-0.4, -0.2) is 42.0 Å². The van der Waals surface area contributed by atoms with Crippen LogP contribution in [0.1, 0.15) is 31.9 Å². The van der Waals surface area contributed by atoms with Crippen molar-refractivity contribution in [3.8, 4) is 0 Å². The van der Waals surface area contributed by atoms with Gasteiger partial charge in [-0.05, 0) is 32.0 Å². The van der Waals surface area contributed by atoms with Gasteiger partial charge >= 0.3 is 5.97 Å². The fourth-order valence-corrected chi connectivity index (χ4v) is 2.26. The van der Waals surface area contributed by atoms with Gasteiger partial charge in [0.25, 0.3) is 0 Å². The first-order valence-electron chi connectivity index (χ1n) is 7.07. The van der Waals surface area contributed by atoms with Crippen LogP contribution in [0.15, 0.2) is 30.3 Å². The molecule has 0 saturated carbocycles. The average molecular weight is 292 g/mol. The lowest BCUT2D eigenvalue weighted by molar-refractivity contribution is -0.143. The molecule has 0 heterocycles. The second kappa shape index (κ2) is 7.78. The lowest BCUT2D eigenvalue weighted by atomic mass is 10.0. The quantitative estimate of drug-likeness (QED) is 0.805. The molecule has 0 aliphatic carbocycles. The van der Waals surface area contributed by atoms with Crippen molar-refractivity contribution >= 4 is 11.9 Å². The first-order valence-corrected chi connectivity index (χ1v) is 7.07. The summed E-state index contributed by atoms with van der Waals surface area (Å²) in [4.78, 5) is 25.5. The van der Waals surface area contributed by atoms with E-state index in [0.717, 1.165) is 5.56 Å². The molecule has 1 aromatic rings. The van der Waals surface area contributed by atoms with Crippen molar-refractivity contribution in [2.24, 2.45) is 5.92 Å². The van der Waals surface area contributed by atoms with Gasteiger partial charge in [0.2, 0.25) is 5.91 Å². The number of benzene rings is 1. The Morgan fingerprint density at radius 2 is 1.76 bits per heavy atom. The number of amides is 1. The Labute approximate surface area is 126 Å². The summed E-state index contributed by atoms with van der Waals surface area (Å²) >= 11 is 0. The van der Waals surface area contributed by atoms with Gasteiger partial charge in [0.05, 0.1) is 0 Å². The second-order valence-electron chi connectivity index (χ2n) is 5.81. The van der Waals surface area contributed by atoms with Gasteiger partial charge in [-0.2, -0.15) is 0 Å². The van der Waals surface area contributed by atoms with Crippen molar-refractivity contribution in [1.29, 1.82) is 0 Å². The van der Waals surface area contributed by atoms with E-state index in [-0.39, 0.29) is 11.8 Å². The molecule has 1 amide bonds. The number of hydrogen-bond acceptors (Lipinski definition) is 3. The summed E-state index contributed by atoms with van der Waals surface area (Å²) in [7, 11) is 3.60. The molecule has 0 aliphatic heterocycles. The van der Waals surface area contributed by atoms with E-state index < -0.39 is 18.1 Å². The van der Waals surface area contributed by atoms with Crippen molar-refractivity contribution in [2.75, 3.05) is 14.1 Å². The van der Waals surface area contributed by atoms with Gasteiger partial charge < -0.3 is 10.4 Å². The summed E-state index contributed by atoms with van der Waals surface area (Å²) in [5.74, 6) is -1.09. The van der Waals surface area contributed by atoms with Crippen LogP contribution in [0.25, 0.3) is 0 Å². The van der Waals surface area contributed by atoms with Crippen LogP contribution in [0, 0.1) is 5.92 Å². The number of rotatable bonds is 7. The van der Waals surface area contributed by atoms with Crippen molar-refractivity contribution in [2.45, 2.75) is 32.4 Å². The van der Waals surface area contributed by atoms with E-state index in [1.54, 1.807) is 19.0 Å². The molecule has 116 valence electrons. The molecular formula is C16H24N2O3. The predicted octanol–water partition coefficient (Wildman–Crippen LogP) is 1.90. The van der Waals surface area contributed by atoms with Crippen LogP contribution in [0.2, 0.25) is 0 Å². The molecule has 21 heavy (non-hydrogen) atoms. The molecule has 0 bridgehead atoms. The lowest BCUT2D eigenvalue weighted by Gasteiger charge is -2.26. The molecule has 0 spiro atoms. The Bertz CT molecular complexity index is 472. The number of carbonyl (C=O) groups excluding carboxylic acids is 1. The molecule has 0 aliphatic rings. The van der Waals surface area contributed by atoms with Crippen LogP contribution in [-0.2, 0) is 9.59 Å². The molecule has 0 aromatic heterocycles. The summed E-state index contributed by atoms with van der Waals surface area (Å²) in [6, 6.07) is 7.98. The largest absolute Gasteiger partial charge is 0.480 e. The third kappa shape index (κ3) is 5.19. The van der Waals surface area contributed by atoms with Gasteiger partial charge in [-0.3, -0.25) is 9.69 Å². The Kier molecular flexibility index (Phi) is 6.37. The van der Waals surface area contributed by atoms with Crippen molar-refractivity contribution < 1.29 is 14.7 Å². The summed E-state index contributed by atoms with van der Waals surface area (Å²) in [5.41, 5.74) is 0.841. The van der Waals surface area contributed by atoms with Gasteiger partial charge in [0, 0.05) is 0 Å².